The summed E-state index contributed by atoms with van der Waals surface area (Å²) in [4.78, 5) is 16.4. The Bertz CT molecular complexity index is 476. The van der Waals surface area contributed by atoms with Gasteiger partial charge in [-0.2, -0.15) is 0 Å². The molecule has 0 aliphatic rings. The van der Waals surface area contributed by atoms with Crippen molar-refractivity contribution in [3.8, 4) is 0 Å². The van der Waals surface area contributed by atoms with E-state index < -0.39 is 0 Å². The van der Waals surface area contributed by atoms with Crippen molar-refractivity contribution in [3.63, 3.8) is 0 Å². The molecule has 0 saturated carbocycles. The Kier molecular flexibility index (Phi) is 3.37. The summed E-state index contributed by atoms with van der Waals surface area (Å²) in [7, 11) is 3.52. The number of aromatic amines is 1. The van der Waals surface area contributed by atoms with Gasteiger partial charge in [0.15, 0.2) is 0 Å². The predicted molar refractivity (Wildman–Crippen MR) is 63.6 cm³/mol. The Morgan fingerprint density at radius 2 is 2.00 bits per heavy atom. The minimum atomic E-state index is 0. The molecule has 0 bridgehead atoms. The molecule has 0 fully saturated rings. The molecule has 1 aromatic heterocycles. The van der Waals surface area contributed by atoms with Crippen LogP contribution in [0.1, 0.15) is 10.4 Å². The number of nitrogens with zero attached hydrogens (tertiary/aromatic N) is 1. The van der Waals surface area contributed by atoms with Crippen LogP contribution in [0.2, 0.25) is 0 Å². The zero-order valence-electron chi connectivity index (χ0n) is 8.65. The first kappa shape index (κ1) is 11.6. The van der Waals surface area contributed by atoms with Gasteiger partial charge in [0.05, 0.1) is 0 Å². The van der Waals surface area contributed by atoms with Gasteiger partial charge in [0.25, 0.3) is 5.91 Å². The highest BCUT2D eigenvalue weighted by molar-refractivity contribution is 6.06. The number of amides is 1. The number of hydrogen-bond acceptors (Lipinski definition) is 1. The molecule has 0 aliphatic heterocycles. The van der Waals surface area contributed by atoms with Gasteiger partial charge in [0, 0.05) is 36.8 Å². The number of aromatic nitrogens is 1. The van der Waals surface area contributed by atoms with Gasteiger partial charge in [-0.1, -0.05) is 6.07 Å². The molecule has 0 saturated heterocycles. The van der Waals surface area contributed by atoms with Crippen molar-refractivity contribution in [2.45, 2.75) is 0 Å². The third-order valence-electron chi connectivity index (χ3n) is 2.23. The summed E-state index contributed by atoms with van der Waals surface area (Å²) < 4.78 is 0. The van der Waals surface area contributed by atoms with Crippen LogP contribution in [0.4, 0.5) is 0 Å². The number of hydrogen-bond donors (Lipinski definition) is 1. The summed E-state index contributed by atoms with van der Waals surface area (Å²) in [5.74, 6) is 0.0372. The SMILES string of the molecule is CN(C)C(=O)c1cccc2[nH]ccc12.Cl. The quantitative estimate of drug-likeness (QED) is 0.793. The Morgan fingerprint density at radius 1 is 1.27 bits per heavy atom. The first-order chi connectivity index (χ1) is 6.70. The Hall–Kier alpha value is -1.48. The second kappa shape index (κ2) is 4.36. The van der Waals surface area contributed by atoms with Crippen LogP contribution in [-0.2, 0) is 0 Å². The van der Waals surface area contributed by atoms with Crippen LogP contribution in [0.25, 0.3) is 10.9 Å². The van der Waals surface area contributed by atoms with E-state index in [-0.39, 0.29) is 18.3 Å². The van der Waals surface area contributed by atoms with Gasteiger partial charge >= 0.3 is 0 Å². The number of carbonyl (C=O) groups is 1. The second-order valence-corrected chi connectivity index (χ2v) is 3.44. The second-order valence-electron chi connectivity index (χ2n) is 3.44. The van der Waals surface area contributed by atoms with E-state index in [1.807, 2.05) is 30.5 Å². The molecule has 1 aromatic carbocycles. The van der Waals surface area contributed by atoms with E-state index in [4.69, 9.17) is 0 Å². The molecule has 1 heterocycles. The van der Waals surface area contributed by atoms with Gasteiger partial charge in [-0.15, -0.1) is 12.4 Å². The van der Waals surface area contributed by atoms with Gasteiger partial charge in [-0.05, 0) is 18.2 Å². The molecule has 4 heteroatoms. The molecular formula is C11H13ClN2O. The molecule has 0 atom stereocenters. The third-order valence-corrected chi connectivity index (χ3v) is 2.23. The Balaban J connectivity index is 0.00000112. The zero-order chi connectivity index (χ0) is 10.1. The lowest BCUT2D eigenvalue weighted by Crippen LogP contribution is -2.21. The summed E-state index contributed by atoms with van der Waals surface area (Å²) >= 11 is 0. The maximum absolute atomic E-state index is 11.8. The molecule has 0 spiro atoms. The van der Waals surface area contributed by atoms with Crippen molar-refractivity contribution < 1.29 is 4.79 Å². The van der Waals surface area contributed by atoms with Crippen molar-refractivity contribution in [2.24, 2.45) is 0 Å². The van der Waals surface area contributed by atoms with E-state index in [1.54, 1.807) is 19.0 Å². The van der Waals surface area contributed by atoms with E-state index in [1.165, 1.54) is 0 Å². The molecule has 80 valence electrons. The fraction of sp³-hybridized carbons (Fsp3) is 0.182. The van der Waals surface area contributed by atoms with Gasteiger partial charge < -0.3 is 9.88 Å². The third kappa shape index (κ3) is 1.97. The number of H-pyrrole nitrogens is 1. The highest BCUT2D eigenvalue weighted by Crippen LogP contribution is 2.18. The lowest BCUT2D eigenvalue weighted by molar-refractivity contribution is 0.0829. The van der Waals surface area contributed by atoms with Gasteiger partial charge in [-0.25, -0.2) is 0 Å². The average Bonchev–Trinajstić information content (AvgIpc) is 2.63. The van der Waals surface area contributed by atoms with Gasteiger partial charge in [0.2, 0.25) is 0 Å². The highest BCUT2D eigenvalue weighted by atomic mass is 35.5. The van der Waals surface area contributed by atoms with Crippen molar-refractivity contribution in [1.82, 2.24) is 9.88 Å². The molecule has 1 amide bonds. The molecule has 1 N–H and O–H groups in total. The summed E-state index contributed by atoms with van der Waals surface area (Å²) in [5.41, 5.74) is 1.74. The topological polar surface area (TPSA) is 36.1 Å². The fourth-order valence-electron chi connectivity index (χ4n) is 1.51. The van der Waals surface area contributed by atoms with E-state index >= 15 is 0 Å². The fourth-order valence-corrected chi connectivity index (χ4v) is 1.51. The summed E-state index contributed by atoms with van der Waals surface area (Å²) in [5, 5.41) is 0.978. The molecule has 0 radical (unpaired) electrons. The molecule has 0 aliphatic carbocycles. The van der Waals surface area contributed by atoms with Crippen molar-refractivity contribution in [1.29, 1.82) is 0 Å². The lowest BCUT2D eigenvalue weighted by Gasteiger charge is -2.10. The van der Waals surface area contributed by atoms with E-state index in [0.717, 1.165) is 16.5 Å². The molecule has 3 nitrogen and oxygen atoms in total. The van der Waals surface area contributed by atoms with Crippen molar-refractivity contribution >= 4 is 29.2 Å². The number of nitrogens with one attached hydrogen (secondary N) is 1. The maximum atomic E-state index is 11.8. The molecule has 0 unspecified atom stereocenters. The van der Waals surface area contributed by atoms with Crippen LogP contribution >= 0.6 is 12.4 Å². The van der Waals surface area contributed by atoms with Crippen LogP contribution in [0.5, 0.6) is 0 Å². The number of fused-ring (bicyclic) bond motifs is 1. The van der Waals surface area contributed by atoms with Crippen molar-refractivity contribution in [3.05, 3.63) is 36.0 Å². The summed E-state index contributed by atoms with van der Waals surface area (Å²) in [6, 6.07) is 7.61. The molecule has 2 rings (SSSR count). The molecular weight excluding hydrogens is 212 g/mol. The first-order valence-corrected chi connectivity index (χ1v) is 4.48. The van der Waals surface area contributed by atoms with Crippen LogP contribution < -0.4 is 0 Å². The minimum absolute atomic E-state index is 0. The normalized spacial score (nSPS) is 9.73. The highest BCUT2D eigenvalue weighted by Gasteiger charge is 2.11. The largest absolute Gasteiger partial charge is 0.361 e. The number of rotatable bonds is 1. The number of halogens is 1. The van der Waals surface area contributed by atoms with Crippen LogP contribution in [0, 0.1) is 0 Å². The predicted octanol–water partition coefficient (Wildman–Crippen LogP) is 2.29. The van der Waals surface area contributed by atoms with E-state index in [2.05, 4.69) is 4.98 Å². The van der Waals surface area contributed by atoms with Gasteiger partial charge in [-0.3, -0.25) is 4.79 Å². The van der Waals surface area contributed by atoms with E-state index in [9.17, 15) is 4.79 Å². The van der Waals surface area contributed by atoms with Gasteiger partial charge in [0.1, 0.15) is 0 Å². The minimum Gasteiger partial charge on any atom is -0.361 e. The summed E-state index contributed by atoms with van der Waals surface area (Å²) in [6.45, 7) is 0. The average molecular weight is 225 g/mol. The smallest absolute Gasteiger partial charge is 0.254 e. The zero-order valence-corrected chi connectivity index (χ0v) is 9.47. The standard InChI is InChI=1S/C11H12N2O.ClH/c1-13(2)11(14)9-4-3-5-10-8(9)6-7-12-10;/h3-7,12H,1-2H3;1H. The van der Waals surface area contributed by atoms with Crippen LogP contribution in [-0.4, -0.2) is 29.9 Å². The molecule has 15 heavy (non-hydrogen) atoms. The number of carbonyl (C=O) groups excluding carboxylic acids is 1. The first-order valence-electron chi connectivity index (χ1n) is 4.48. The molecule has 2 aromatic rings. The van der Waals surface area contributed by atoms with Crippen LogP contribution in [0.15, 0.2) is 30.5 Å². The van der Waals surface area contributed by atoms with E-state index in [0.29, 0.717) is 0 Å². The Morgan fingerprint density at radius 3 is 2.67 bits per heavy atom. The lowest BCUT2D eigenvalue weighted by atomic mass is 10.1. The maximum Gasteiger partial charge on any atom is 0.254 e. The van der Waals surface area contributed by atoms with Crippen molar-refractivity contribution in [2.75, 3.05) is 14.1 Å². The Labute approximate surface area is 94.5 Å². The number of benzene rings is 1. The summed E-state index contributed by atoms with van der Waals surface area (Å²) in [6.07, 6.45) is 1.84. The van der Waals surface area contributed by atoms with Crippen LogP contribution in [0.3, 0.4) is 0 Å². The monoisotopic (exact) mass is 224 g/mol.